The lowest BCUT2D eigenvalue weighted by atomic mass is 10.2. The number of rotatable bonds is 6. The van der Waals surface area contributed by atoms with Crippen molar-refractivity contribution in [3.8, 4) is 0 Å². The van der Waals surface area contributed by atoms with Crippen molar-refractivity contribution in [1.29, 1.82) is 0 Å². The summed E-state index contributed by atoms with van der Waals surface area (Å²) >= 11 is 0. The van der Waals surface area contributed by atoms with Gasteiger partial charge in [0, 0.05) is 24.7 Å². The first kappa shape index (κ1) is 13.5. The number of amides is 1. The number of nitrogens with one attached hydrogen (secondary N) is 2. The minimum Gasteiger partial charge on any atom is -0.459 e. The molecule has 1 aliphatic rings. The molecule has 1 amide bonds. The van der Waals surface area contributed by atoms with Gasteiger partial charge in [-0.1, -0.05) is 0 Å². The third-order valence-electron chi connectivity index (χ3n) is 2.90. The number of guanidine groups is 1. The van der Waals surface area contributed by atoms with E-state index in [1.165, 1.54) is 19.1 Å². The van der Waals surface area contributed by atoms with E-state index in [1.54, 1.807) is 6.07 Å². The Labute approximate surface area is 112 Å². The van der Waals surface area contributed by atoms with Crippen LogP contribution in [0.15, 0.2) is 21.7 Å². The molecule has 1 fully saturated rings. The summed E-state index contributed by atoms with van der Waals surface area (Å²) in [4.78, 5) is 15.9. The molecule has 6 heteroatoms. The molecule has 104 valence electrons. The number of furan rings is 1. The first-order valence-corrected chi connectivity index (χ1v) is 6.55. The quantitative estimate of drug-likeness (QED) is 0.402. The zero-order valence-electron chi connectivity index (χ0n) is 11.1. The second kappa shape index (κ2) is 6.26. The number of hydrogen-bond acceptors (Lipinski definition) is 3. The Morgan fingerprint density at radius 3 is 3.00 bits per heavy atom. The Morgan fingerprint density at radius 2 is 2.37 bits per heavy atom. The van der Waals surface area contributed by atoms with Crippen molar-refractivity contribution in [3.63, 3.8) is 0 Å². The van der Waals surface area contributed by atoms with Gasteiger partial charge in [0.2, 0.25) is 0 Å². The molecular weight excluding hydrogens is 244 g/mol. The normalized spacial score (nSPS) is 15.3. The molecule has 0 aliphatic heterocycles. The molecule has 6 nitrogen and oxygen atoms in total. The Kier molecular flexibility index (Phi) is 4.43. The van der Waals surface area contributed by atoms with Crippen LogP contribution >= 0.6 is 0 Å². The molecule has 0 aromatic carbocycles. The van der Waals surface area contributed by atoms with Gasteiger partial charge < -0.3 is 20.8 Å². The highest BCUT2D eigenvalue weighted by Crippen LogP contribution is 2.17. The van der Waals surface area contributed by atoms with Crippen molar-refractivity contribution in [3.05, 3.63) is 23.7 Å². The molecule has 0 radical (unpaired) electrons. The van der Waals surface area contributed by atoms with E-state index in [9.17, 15) is 4.79 Å². The van der Waals surface area contributed by atoms with Crippen molar-refractivity contribution >= 4 is 11.9 Å². The summed E-state index contributed by atoms with van der Waals surface area (Å²) < 4.78 is 5.10. The zero-order valence-corrected chi connectivity index (χ0v) is 11.1. The average Bonchev–Trinajstić information content (AvgIpc) is 3.07. The van der Waals surface area contributed by atoms with Crippen LogP contribution in [0, 0.1) is 6.92 Å². The number of nitrogens with zero attached hydrogens (tertiary/aromatic N) is 1. The Bertz CT molecular complexity index is 463. The van der Waals surface area contributed by atoms with Crippen LogP contribution in [0.3, 0.4) is 0 Å². The van der Waals surface area contributed by atoms with Crippen LogP contribution in [-0.2, 0) is 0 Å². The number of nitrogens with two attached hydrogens (primary N) is 1. The SMILES string of the molecule is Cc1ccoc1C(=O)NCCCN=C(N)NC1CC1. The van der Waals surface area contributed by atoms with Crippen LogP contribution in [-0.4, -0.2) is 31.0 Å². The summed E-state index contributed by atoms with van der Waals surface area (Å²) in [5.74, 6) is 0.685. The molecule has 1 aromatic rings. The number of aliphatic imine (C=N–C) groups is 1. The van der Waals surface area contributed by atoms with Crippen LogP contribution in [0.2, 0.25) is 0 Å². The van der Waals surface area contributed by atoms with Gasteiger partial charge in [-0.15, -0.1) is 0 Å². The largest absolute Gasteiger partial charge is 0.459 e. The second-order valence-corrected chi connectivity index (χ2v) is 4.73. The van der Waals surface area contributed by atoms with E-state index in [0.717, 1.165) is 12.0 Å². The van der Waals surface area contributed by atoms with E-state index in [0.29, 0.717) is 30.9 Å². The zero-order chi connectivity index (χ0) is 13.7. The summed E-state index contributed by atoms with van der Waals surface area (Å²) in [6.07, 6.45) is 4.61. The molecule has 19 heavy (non-hydrogen) atoms. The van der Waals surface area contributed by atoms with Gasteiger partial charge in [-0.3, -0.25) is 9.79 Å². The highest BCUT2D eigenvalue weighted by atomic mass is 16.3. The fourth-order valence-corrected chi connectivity index (χ4v) is 1.65. The highest BCUT2D eigenvalue weighted by Gasteiger charge is 2.21. The van der Waals surface area contributed by atoms with Crippen LogP contribution < -0.4 is 16.4 Å². The predicted octanol–water partition coefficient (Wildman–Crippen LogP) is 0.775. The van der Waals surface area contributed by atoms with Gasteiger partial charge in [0.05, 0.1) is 6.26 Å². The van der Waals surface area contributed by atoms with Gasteiger partial charge in [0.1, 0.15) is 0 Å². The standard InChI is InChI=1S/C13H20N4O2/c1-9-5-8-19-11(9)12(18)15-6-2-7-16-13(14)17-10-3-4-10/h5,8,10H,2-4,6-7H2,1H3,(H,15,18)(H3,14,16,17). The minimum atomic E-state index is -0.185. The molecule has 2 rings (SSSR count). The minimum absolute atomic E-state index is 0.185. The molecule has 0 atom stereocenters. The first-order valence-electron chi connectivity index (χ1n) is 6.55. The van der Waals surface area contributed by atoms with Gasteiger partial charge in [-0.2, -0.15) is 0 Å². The number of carbonyl (C=O) groups excluding carboxylic acids is 1. The Hall–Kier alpha value is -1.98. The fraction of sp³-hybridized carbons (Fsp3) is 0.538. The van der Waals surface area contributed by atoms with E-state index < -0.39 is 0 Å². The van der Waals surface area contributed by atoms with Crippen LogP contribution in [0.4, 0.5) is 0 Å². The topological polar surface area (TPSA) is 92.7 Å². The molecule has 1 aromatic heterocycles. The lowest BCUT2D eigenvalue weighted by Gasteiger charge is -2.04. The predicted molar refractivity (Wildman–Crippen MR) is 73.0 cm³/mol. The monoisotopic (exact) mass is 264 g/mol. The summed E-state index contributed by atoms with van der Waals surface area (Å²) in [6, 6.07) is 2.29. The Balaban J connectivity index is 1.61. The van der Waals surface area contributed by atoms with Gasteiger partial charge >= 0.3 is 0 Å². The second-order valence-electron chi connectivity index (χ2n) is 4.73. The Morgan fingerprint density at radius 1 is 1.58 bits per heavy atom. The highest BCUT2D eigenvalue weighted by molar-refractivity contribution is 5.92. The molecule has 0 bridgehead atoms. The third kappa shape index (κ3) is 4.31. The fourth-order valence-electron chi connectivity index (χ4n) is 1.65. The molecule has 0 saturated heterocycles. The summed E-state index contributed by atoms with van der Waals surface area (Å²) in [7, 11) is 0. The van der Waals surface area contributed by atoms with Gasteiger partial charge in [0.15, 0.2) is 11.7 Å². The van der Waals surface area contributed by atoms with Crippen molar-refractivity contribution in [1.82, 2.24) is 10.6 Å². The maximum Gasteiger partial charge on any atom is 0.287 e. The van der Waals surface area contributed by atoms with Crippen molar-refractivity contribution in [2.45, 2.75) is 32.2 Å². The van der Waals surface area contributed by atoms with E-state index in [2.05, 4.69) is 15.6 Å². The van der Waals surface area contributed by atoms with Crippen molar-refractivity contribution in [2.75, 3.05) is 13.1 Å². The maximum absolute atomic E-state index is 11.7. The third-order valence-corrected chi connectivity index (χ3v) is 2.90. The number of carbonyl (C=O) groups is 1. The molecule has 1 saturated carbocycles. The molecule has 1 heterocycles. The molecule has 0 spiro atoms. The smallest absolute Gasteiger partial charge is 0.287 e. The van der Waals surface area contributed by atoms with Crippen molar-refractivity contribution in [2.24, 2.45) is 10.7 Å². The van der Waals surface area contributed by atoms with E-state index in [4.69, 9.17) is 10.2 Å². The summed E-state index contributed by atoms with van der Waals surface area (Å²) in [6.45, 7) is 3.00. The van der Waals surface area contributed by atoms with Crippen LogP contribution in [0.1, 0.15) is 35.4 Å². The van der Waals surface area contributed by atoms with E-state index in [1.807, 2.05) is 6.92 Å². The van der Waals surface area contributed by atoms with Crippen LogP contribution in [0.5, 0.6) is 0 Å². The van der Waals surface area contributed by atoms with Crippen molar-refractivity contribution < 1.29 is 9.21 Å². The number of aryl methyl sites for hydroxylation is 1. The summed E-state index contributed by atoms with van der Waals surface area (Å²) in [5.41, 5.74) is 6.53. The van der Waals surface area contributed by atoms with Gasteiger partial charge in [-0.25, -0.2) is 0 Å². The summed E-state index contributed by atoms with van der Waals surface area (Å²) in [5, 5.41) is 5.90. The molecular formula is C13H20N4O2. The number of hydrogen-bond donors (Lipinski definition) is 3. The average molecular weight is 264 g/mol. The van der Waals surface area contributed by atoms with Crippen LogP contribution in [0.25, 0.3) is 0 Å². The first-order chi connectivity index (χ1) is 9.16. The van der Waals surface area contributed by atoms with Gasteiger partial charge in [-0.05, 0) is 32.3 Å². The molecule has 0 unspecified atom stereocenters. The maximum atomic E-state index is 11.7. The lowest BCUT2D eigenvalue weighted by Crippen LogP contribution is -2.33. The van der Waals surface area contributed by atoms with Gasteiger partial charge in [0.25, 0.3) is 5.91 Å². The van der Waals surface area contributed by atoms with E-state index in [-0.39, 0.29) is 5.91 Å². The molecule has 1 aliphatic carbocycles. The molecule has 4 N–H and O–H groups in total. The van der Waals surface area contributed by atoms with E-state index >= 15 is 0 Å². The lowest BCUT2D eigenvalue weighted by molar-refractivity contribution is 0.0925.